The van der Waals surface area contributed by atoms with Gasteiger partial charge in [-0.15, -0.1) is 0 Å². The van der Waals surface area contributed by atoms with E-state index in [1.54, 1.807) is 35.2 Å². The number of hydrogen-bond acceptors (Lipinski definition) is 6. The maximum atomic E-state index is 13.6. The highest BCUT2D eigenvalue weighted by atomic mass is 32.2. The van der Waals surface area contributed by atoms with Crippen molar-refractivity contribution in [3.8, 4) is 5.75 Å². The number of thiocarbonyl (C=S) groups is 1. The number of thioether (sulfide) groups is 1. The van der Waals surface area contributed by atoms with Crippen molar-refractivity contribution in [3.05, 3.63) is 59.0 Å². The van der Waals surface area contributed by atoms with E-state index in [1.807, 2.05) is 25.1 Å². The molecule has 200 valence electrons. The number of rotatable bonds is 12. The number of hydrogen-bond donors (Lipinski definition) is 1. The number of benzene rings is 2. The molecule has 0 unspecified atom stereocenters. The number of unbranched alkanes of at least 4 members (excludes halogenated alkanes) is 5. The predicted molar refractivity (Wildman–Crippen MR) is 157 cm³/mol. The summed E-state index contributed by atoms with van der Waals surface area (Å²) in [6, 6.07) is 14.3. The first-order valence-electron chi connectivity index (χ1n) is 13.2. The van der Waals surface area contributed by atoms with Crippen LogP contribution in [0, 0.1) is 0 Å². The van der Waals surface area contributed by atoms with Gasteiger partial charge in [0.05, 0.1) is 22.8 Å². The van der Waals surface area contributed by atoms with Crippen LogP contribution in [-0.4, -0.2) is 46.6 Å². The number of fused-ring (bicyclic) bond motifs is 1. The number of carbonyl (C=O) groups excluding carboxylic acids is 3. The van der Waals surface area contributed by atoms with E-state index in [4.69, 9.17) is 17.0 Å². The Morgan fingerprint density at radius 1 is 0.921 bits per heavy atom. The first kappa shape index (κ1) is 27.9. The topological polar surface area (TPSA) is 79.0 Å². The van der Waals surface area contributed by atoms with Crippen molar-refractivity contribution < 1.29 is 19.1 Å². The lowest BCUT2D eigenvalue weighted by Gasteiger charge is -2.17. The van der Waals surface area contributed by atoms with Crippen molar-refractivity contribution in [3.63, 3.8) is 0 Å². The molecule has 4 rings (SSSR count). The summed E-state index contributed by atoms with van der Waals surface area (Å²) >= 11 is 6.70. The Morgan fingerprint density at radius 2 is 1.63 bits per heavy atom. The Balaban J connectivity index is 1.47. The molecule has 7 nitrogen and oxygen atoms in total. The molecule has 1 fully saturated rings. The summed E-state index contributed by atoms with van der Waals surface area (Å²) in [5.74, 6) is -0.220. The summed E-state index contributed by atoms with van der Waals surface area (Å²) in [7, 11) is 0. The zero-order chi connectivity index (χ0) is 27.1. The van der Waals surface area contributed by atoms with Crippen LogP contribution >= 0.6 is 24.0 Å². The van der Waals surface area contributed by atoms with Crippen molar-refractivity contribution in [1.82, 2.24) is 4.90 Å². The molecule has 0 radical (unpaired) electrons. The van der Waals surface area contributed by atoms with Crippen molar-refractivity contribution in [2.45, 2.75) is 52.4 Å². The van der Waals surface area contributed by atoms with E-state index >= 15 is 0 Å². The number of amides is 3. The van der Waals surface area contributed by atoms with Crippen LogP contribution in [0.1, 0.15) is 57.9 Å². The predicted octanol–water partition coefficient (Wildman–Crippen LogP) is 6.00. The van der Waals surface area contributed by atoms with Crippen LogP contribution in [0.4, 0.5) is 11.4 Å². The van der Waals surface area contributed by atoms with Crippen molar-refractivity contribution >= 4 is 63.0 Å². The lowest BCUT2D eigenvalue weighted by molar-refractivity contribution is -0.122. The van der Waals surface area contributed by atoms with Crippen LogP contribution in [0.5, 0.6) is 5.75 Å². The van der Waals surface area contributed by atoms with Gasteiger partial charge in [-0.2, -0.15) is 0 Å². The summed E-state index contributed by atoms with van der Waals surface area (Å²) in [5, 5.41) is 2.83. The molecule has 0 saturated carbocycles. The van der Waals surface area contributed by atoms with Crippen LogP contribution in [0.3, 0.4) is 0 Å². The third-order valence-corrected chi connectivity index (χ3v) is 7.93. The normalized spacial score (nSPS) is 16.8. The van der Waals surface area contributed by atoms with Gasteiger partial charge in [0.1, 0.15) is 16.6 Å². The quantitative estimate of drug-likeness (QED) is 0.198. The van der Waals surface area contributed by atoms with Crippen LogP contribution in [-0.2, 0) is 14.4 Å². The molecule has 0 spiro atoms. The number of para-hydroxylation sites is 1. The number of carbonyl (C=O) groups is 3. The lowest BCUT2D eigenvalue weighted by atomic mass is 10.1. The van der Waals surface area contributed by atoms with Gasteiger partial charge in [0.25, 0.3) is 11.8 Å². The van der Waals surface area contributed by atoms with Crippen molar-refractivity contribution in [2.24, 2.45) is 0 Å². The average Bonchev–Trinajstić information content (AvgIpc) is 3.34. The molecule has 1 saturated heterocycles. The average molecular weight is 552 g/mol. The largest absolute Gasteiger partial charge is 0.494 e. The van der Waals surface area contributed by atoms with Gasteiger partial charge in [0.15, 0.2) is 0 Å². The molecule has 1 N–H and O–H groups in total. The van der Waals surface area contributed by atoms with E-state index in [1.165, 1.54) is 35.9 Å². The van der Waals surface area contributed by atoms with E-state index in [0.29, 0.717) is 50.6 Å². The summed E-state index contributed by atoms with van der Waals surface area (Å²) in [6.45, 7) is 5.03. The third-order valence-electron chi connectivity index (χ3n) is 6.49. The molecule has 2 aliphatic rings. The molecule has 0 aliphatic carbocycles. The van der Waals surface area contributed by atoms with Crippen LogP contribution < -0.4 is 15.0 Å². The minimum atomic E-state index is -0.367. The van der Waals surface area contributed by atoms with E-state index in [9.17, 15) is 14.4 Å². The van der Waals surface area contributed by atoms with Crippen molar-refractivity contribution in [1.29, 1.82) is 0 Å². The highest BCUT2D eigenvalue weighted by Crippen LogP contribution is 2.44. The molecule has 9 heteroatoms. The maximum absolute atomic E-state index is 13.6. The second-order valence-electron chi connectivity index (χ2n) is 9.21. The number of anilines is 2. The number of nitrogens with one attached hydrogen (secondary N) is 1. The summed E-state index contributed by atoms with van der Waals surface area (Å²) in [5.41, 5.74) is 2.17. The van der Waals surface area contributed by atoms with E-state index in [0.717, 1.165) is 19.3 Å². The van der Waals surface area contributed by atoms with Gasteiger partial charge in [-0.3, -0.25) is 24.2 Å². The highest BCUT2D eigenvalue weighted by Gasteiger charge is 2.42. The molecule has 0 atom stereocenters. The summed E-state index contributed by atoms with van der Waals surface area (Å²) in [6.07, 6.45) is 6.68. The Kier molecular flexibility index (Phi) is 9.58. The van der Waals surface area contributed by atoms with Gasteiger partial charge >= 0.3 is 0 Å². The Bertz CT molecular complexity index is 1240. The van der Waals surface area contributed by atoms with E-state index < -0.39 is 0 Å². The molecular formula is C29H33N3O4S2. The van der Waals surface area contributed by atoms with Gasteiger partial charge in [0, 0.05) is 17.8 Å². The SMILES string of the molecule is CCCCCCCCN1C(=O)/C(=C2/C(=O)N(CC(=O)Nc3ccc(OCC)cc3)c3ccccc32)SC1=S. The number of nitrogens with zero attached hydrogens (tertiary/aromatic N) is 2. The molecule has 2 aromatic rings. The fourth-order valence-electron chi connectivity index (χ4n) is 4.59. The second-order valence-corrected chi connectivity index (χ2v) is 10.9. The zero-order valence-electron chi connectivity index (χ0n) is 21.8. The molecule has 2 heterocycles. The second kappa shape index (κ2) is 13.1. The van der Waals surface area contributed by atoms with Crippen LogP contribution in [0.15, 0.2) is 53.4 Å². The van der Waals surface area contributed by atoms with Gasteiger partial charge < -0.3 is 10.1 Å². The smallest absolute Gasteiger partial charge is 0.267 e. The molecule has 0 aromatic heterocycles. The zero-order valence-corrected chi connectivity index (χ0v) is 23.5. The van der Waals surface area contributed by atoms with Gasteiger partial charge in [0.2, 0.25) is 5.91 Å². The van der Waals surface area contributed by atoms with Gasteiger partial charge in [-0.1, -0.05) is 81.2 Å². The fourth-order valence-corrected chi connectivity index (χ4v) is 5.97. The first-order chi connectivity index (χ1) is 18.4. The van der Waals surface area contributed by atoms with E-state index in [-0.39, 0.29) is 24.3 Å². The highest BCUT2D eigenvalue weighted by molar-refractivity contribution is 8.26. The molecule has 3 amide bonds. The van der Waals surface area contributed by atoms with Gasteiger partial charge in [-0.05, 0) is 43.7 Å². The van der Waals surface area contributed by atoms with Crippen molar-refractivity contribution in [2.75, 3.05) is 29.9 Å². The van der Waals surface area contributed by atoms with Crippen LogP contribution in [0.25, 0.3) is 5.57 Å². The molecule has 2 aliphatic heterocycles. The summed E-state index contributed by atoms with van der Waals surface area (Å²) in [4.78, 5) is 43.3. The fraction of sp³-hybridized carbons (Fsp3) is 0.379. The first-order valence-corrected chi connectivity index (χ1v) is 14.4. The molecule has 38 heavy (non-hydrogen) atoms. The Morgan fingerprint density at radius 3 is 2.37 bits per heavy atom. The Hall–Kier alpha value is -3.17. The van der Waals surface area contributed by atoms with Crippen LogP contribution in [0.2, 0.25) is 0 Å². The standard InChI is InChI=1S/C29H33N3O4S2/c1-3-5-6-7-8-11-18-31-28(35)26(38-29(31)37)25-22-12-9-10-13-23(22)32(27(25)34)19-24(33)30-20-14-16-21(17-15-20)36-4-2/h9-10,12-17H,3-8,11,18-19H2,1-2H3,(H,30,33)/b26-25-. The minimum Gasteiger partial charge on any atom is -0.494 e. The number of ether oxygens (including phenoxy) is 1. The van der Waals surface area contributed by atoms with Gasteiger partial charge in [-0.25, -0.2) is 0 Å². The lowest BCUT2D eigenvalue weighted by Crippen LogP contribution is -2.35. The van der Waals surface area contributed by atoms with E-state index in [2.05, 4.69) is 12.2 Å². The molecular weight excluding hydrogens is 518 g/mol. The summed E-state index contributed by atoms with van der Waals surface area (Å²) < 4.78 is 5.91. The monoisotopic (exact) mass is 551 g/mol. The Labute approximate surface area is 233 Å². The maximum Gasteiger partial charge on any atom is 0.267 e. The minimum absolute atomic E-state index is 0.176. The molecule has 0 bridgehead atoms. The third kappa shape index (κ3) is 6.27. The molecule has 2 aromatic carbocycles.